The van der Waals surface area contributed by atoms with Crippen molar-refractivity contribution >= 4 is 49.5 Å². The number of para-hydroxylation sites is 1. The summed E-state index contributed by atoms with van der Waals surface area (Å²) in [6.07, 6.45) is 2.52. The van der Waals surface area contributed by atoms with E-state index in [2.05, 4.69) is 28.3 Å². The molecule has 3 N–H and O–H groups in total. The van der Waals surface area contributed by atoms with Crippen molar-refractivity contribution in [1.82, 2.24) is 10.0 Å². The molecule has 0 fully saturated rings. The molecule has 158 valence electrons. The summed E-state index contributed by atoms with van der Waals surface area (Å²) in [5.74, 6) is -0.703. The fraction of sp³-hybridized carbons (Fsp3) is 0.0870. The van der Waals surface area contributed by atoms with Crippen LogP contribution in [0.4, 0.5) is 5.69 Å². The van der Waals surface area contributed by atoms with Crippen LogP contribution in [0.15, 0.2) is 77.7 Å². The van der Waals surface area contributed by atoms with Gasteiger partial charge in [-0.1, -0.05) is 36.4 Å². The van der Waals surface area contributed by atoms with E-state index in [1.165, 1.54) is 23.7 Å². The number of aryl methyl sites for hydroxylation is 1. The molecule has 0 saturated heterocycles. The number of anilines is 1. The van der Waals surface area contributed by atoms with E-state index in [9.17, 15) is 13.2 Å². The van der Waals surface area contributed by atoms with Gasteiger partial charge in [0, 0.05) is 28.9 Å². The maximum Gasteiger partial charge on any atom is 0.267 e. The zero-order chi connectivity index (χ0) is 22.0. The zero-order valence-electron chi connectivity index (χ0n) is 16.7. The normalized spacial score (nSPS) is 11.9. The molecular weight excluding hydrogens is 414 g/mol. The van der Waals surface area contributed by atoms with Gasteiger partial charge in [-0.15, -0.1) is 0 Å². The standard InChI is InChI=1S/C23H21N3O4S/c1-2-26-21-9-4-3-8-19(21)20-12-11-17(15-22(20)26)25-31(29,30)18-7-5-6-16(14-18)10-13-23(27)24-28/h3-15,25,28H,2H2,1H3,(H,24,27)/b13-10+. The Kier molecular flexibility index (Phi) is 5.50. The van der Waals surface area contributed by atoms with Crippen LogP contribution in [-0.4, -0.2) is 24.1 Å². The van der Waals surface area contributed by atoms with Gasteiger partial charge in [0.25, 0.3) is 15.9 Å². The summed E-state index contributed by atoms with van der Waals surface area (Å²) in [5.41, 5.74) is 4.52. The number of carbonyl (C=O) groups excluding carboxylic acids is 1. The maximum absolute atomic E-state index is 12.9. The minimum absolute atomic E-state index is 0.0650. The van der Waals surface area contributed by atoms with E-state index >= 15 is 0 Å². The van der Waals surface area contributed by atoms with Gasteiger partial charge in [0.2, 0.25) is 0 Å². The van der Waals surface area contributed by atoms with Gasteiger partial charge < -0.3 is 4.57 Å². The average Bonchev–Trinajstić information content (AvgIpc) is 3.10. The maximum atomic E-state index is 12.9. The van der Waals surface area contributed by atoms with E-state index in [1.54, 1.807) is 18.2 Å². The summed E-state index contributed by atoms with van der Waals surface area (Å²) < 4.78 is 30.7. The molecule has 0 aliphatic carbocycles. The largest absolute Gasteiger partial charge is 0.341 e. The summed E-state index contributed by atoms with van der Waals surface area (Å²) >= 11 is 0. The molecule has 31 heavy (non-hydrogen) atoms. The molecule has 0 aliphatic heterocycles. The number of aromatic nitrogens is 1. The molecule has 0 atom stereocenters. The smallest absolute Gasteiger partial charge is 0.267 e. The fourth-order valence-corrected chi connectivity index (χ4v) is 4.77. The fourth-order valence-electron chi connectivity index (χ4n) is 3.66. The predicted molar refractivity (Wildman–Crippen MR) is 121 cm³/mol. The highest BCUT2D eigenvalue weighted by Gasteiger charge is 2.16. The van der Waals surface area contributed by atoms with Crippen molar-refractivity contribution in [3.8, 4) is 0 Å². The van der Waals surface area contributed by atoms with E-state index in [4.69, 9.17) is 5.21 Å². The Morgan fingerprint density at radius 2 is 1.77 bits per heavy atom. The molecule has 1 heterocycles. The highest BCUT2D eigenvalue weighted by molar-refractivity contribution is 7.92. The second kappa shape index (κ2) is 8.25. The summed E-state index contributed by atoms with van der Waals surface area (Å²) in [5, 5.41) is 10.8. The van der Waals surface area contributed by atoms with E-state index in [1.807, 2.05) is 24.3 Å². The van der Waals surface area contributed by atoms with Gasteiger partial charge in [-0.25, -0.2) is 13.9 Å². The van der Waals surface area contributed by atoms with Crippen LogP contribution in [0.3, 0.4) is 0 Å². The quantitative estimate of drug-likeness (QED) is 0.241. The lowest BCUT2D eigenvalue weighted by atomic mass is 10.1. The van der Waals surface area contributed by atoms with Crippen LogP contribution in [0.5, 0.6) is 0 Å². The van der Waals surface area contributed by atoms with Gasteiger partial charge in [-0.05, 0) is 48.9 Å². The van der Waals surface area contributed by atoms with Crippen molar-refractivity contribution in [1.29, 1.82) is 0 Å². The van der Waals surface area contributed by atoms with E-state index in [0.29, 0.717) is 11.3 Å². The van der Waals surface area contributed by atoms with Gasteiger partial charge in [0.1, 0.15) is 0 Å². The monoisotopic (exact) mass is 435 g/mol. The van der Waals surface area contributed by atoms with Crippen molar-refractivity contribution in [2.45, 2.75) is 18.4 Å². The van der Waals surface area contributed by atoms with Crippen molar-refractivity contribution < 1.29 is 18.4 Å². The number of amides is 1. The minimum Gasteiger partial charge on any atom is -0.341 e. The van der Waals surface area contributed by atoms with Crippen molar-refractivity contribution in [3.63, 3.8) is 0 Å². The Bertz CT molecular complexity index is 1420. The highest BCUT2D eigenvalue weighted by Crippen LogP contribution is 2.31. The summed E-state index contributed by atoms with van der Waals surface area (Å²) in [4.78, 5) is 11.2. The van der Waals surface area contributed by atoms with E-state index in [0.717, 1.165) is 34.4 Å². The molecule has 0 radical (unpaired) electrons. The summed E-state index contributed by atoms with van der Waals surface area (Å²) in [7, 11) is -3.84. The molecule has 4 aromatic rings. The van der Waals surface area contributed by atoms with Crippen LogP contribution in [0.1, 0.15) is 12.5 Å². The van der Waals surface area contributed by atoms with Crippen molar-refractivity contribution in [2.75, 3.05) is 4.72 Å². The van der Waals surface area contributed by atoms with Crippen LogP contribution in [-0.2, 0) is 21.4 Å². The second-order valence-corrected chi connectivity index (χ2v) is 8.66. The van der Waals surface area contributed by atoms with Gasteiger partial charge in [0.05, 0.1) is 16.1 Å². The SMILES string of the molecule is CCn1c2ccccc2c2ccc(NS(=O)(=O)c3cccc(/C=C/C(=O)NO)c3)cc21. The first-order chi connectivity index (χ1) is 14.9. The first kappa shape index (κ1) is 20.6. The third kappa shape index (κ3) is 4.03. The molecule has 1 aromatic heterocycles. The number of rotatable bonds is 6. The van der Waals surface area contributed by atoms with E-state index < -0.39 is 15.9 Å². The minimum atomic E-state index is -3.84. The Balaban J connectivity index is 1.69. The topological polar surface area (TPSA) is 100 Å². The Hall–Kier alpha value is -3.62. The molecular formula is C23H21N3O4S. The van der Waals surface area contributed by atoms with Crippen LogP contribution >= 0.6 is 0 Å². The van der Waals surface area contributed by atoms with Crippen LogP contribution < -0.4 is 10.2 Å². The number of nitrogens with one attached hydrogen (secondary N) is 2. The number of hydrogen-bond donors (Lipinski definition) is 3. The van der Waals surface area contributed by atoms with Crippen molar-refractivity contribution in [2.24, 2.45) is 0 Å². The first-order valence-electron chi connectivity index (χ1n) is 9.69. The van der Waals surface area contributed by atoms with Gasteiger partial charge in [-0.3, -0.25) is 14.7 Å². The van der Waals surface area contributed by atoms with Crippen molar-refractivity contribution in [3.05, 3.63) is 78.4 Å². The Labute approximate surface area is 179 Å². The molecule has 0 bridgehead atoms. The average molecular weight is 436 g/mol. The predicted octanol–water partition coefficient (Wildman–Crippen LogP) is 4.13. The molecule has 1 amide bonds. The lowest BCUT2D eigenvalue weighted by molar-refractivity contribution is -0.124. The molecule has 8 heteroatoms. The number of hydrogen-bond acceptors (Lipinski definition) is 4. The van der Waals surface area contributed by atoms with Gasteiger partial charge in [0.15, 0.2) is 0 Å². The molecule has 0 aliphatic rings. The van der Waals surface area contributed by atoms with Gasteiger partial charge >= 0.3 is 0 Å². The molecule has 7 nitrogen and oxygen atoms in total. The summed E-state index contributed by atoms with van der Waals surface area (Å²) in [6.45, 7) is 2.81. The molecule has 0 saturated carbocycles. The second-order valence-electron chi connectivity index (χ2n) is 6.98. The molecule has 3 aromatic carbocycles. The summed E-state index contributed by atoms with van der Waals surface area (Å²) in [6, 6.07) is 19.8. The number of hydroxylamine groups is 1. The van der Waals surface area contributed by atoms with Crippen LogP contribution in [0.2, 0.25) is 0 Å². The molecule has 0 spiro atoms. The third-order valence-electron chi connectivity index (χ3n) is 5.05. The Morgan fingerprint density at radius 1 is 1.00 bits per heavy atom. The van der Waals surface area contributed by atoms with E-state index in [-0.39, 0.29) is 4.90 Å². The third-order valence-corrected chi connectivity index (χ3v) is 6.43. The highest BCUT2D eigenvalue weighted by atomic mass is 32.2. The number of sulfonamides is 1. The number of fused-ring (bicyclic) bond motifs is 3. The number of carbonyl (C=O) groups is 1. The first-order valence-corrected chi connectivity index (χ1v) is 11.2. The lowest BCUT2D eigenvalue weighted by Gasteiger charge is -2.10. The van der Waals surface area contributed by atoms with Crippen LogP contribution in [0.25, 0.3) is 27.9 Å². The Morgan fingerprint density at radius 3 is 2.55 bits per heavy atom. The number of benzene rings is 3. The van der Waals surface area contributed by atoms with Crippen LogP contribution in [0, 0.1) is 0 Å². The molecule has 4 rings (SSSR count). The molecule has 0 unspecified atom stereocenters. The number of nitrogens with zero attached hydrogens (tertiary/aromatic N) is 1. The lowest BCUT2D eigenvalue weighted by Crippen LogP contribution is -2.15. The van der Waals surface area contributed by atoms with Gasteiger partial charge in [-0.2, -0.15) is 0 Å². The zero-order valence-corrected chi connectivity index (χ0v) is 17.6.